The molecule has 36 heavy (non-hydrogen) atoms. The minimum Gasteiger partial charge on any atom is -0.465 e. The van der Waals surface area contributed by atoms with Gasteiger partial charge >= 0.3 is 5.97 Å². The predicted molar refractivity (Wildman–Crippen MR) is 137 cm³/mol. The van der Waals surface area contributed by atoms with E-state index in [-0.39, 0.29) is 11.4 Å². The van der Waals surface area contributed by atoms with E-state index in [9.17, 15) is 22.4 Å². The molecule has 4 rings (SSSR count). The smallest absolute Gasteiger partial charge is 0.348 e. The number of benzene rings is 3. The Morgan fingerprint density at radius 2 is 1.69 bits per heavy atom. The molecule has 0 spiro atoms. The van der Waals surface area contributed by atoms with E-state index in [0.717, 1.165) is 20.0 Å². The van der Waals surface area contributed by atoms with Crippen LogP contribution in [0.5, 0.6) is 0 Å². The zero-order valence-corrected chi connectivity index (χ0v) is 21.2. The zero-order chi connectivity index (χ0) is 25.9. The van der Waals surface area contributed by atoms with Gasteiger partial charge in [0.1, 0.15) is 10.7 Å². The molecule has 7 nitrogen and oxygen atoms in total. The third-order valence-electron chi connectivity index (χ3n) is 5.44. The molecular formula is C26H23FN2O5S2. The van der Waals surface area contributed by atoms with Crippen molar-refractivity contribution in [3.63, 3.8) is 0 Å². The van der Waals surface area contributed by atoms with Crippen LogP contribution in [0.2, 0.25) is 0 Å². The highest BCUT2D eigenvalue weighted by atomic mass is 32.2. The largest absolute Gasteiger partial charge is 0.465 e. The van der Waals surface area contributed by atoms with Crippen molar-refractivity contribution in [1.29, 1.82) is 0 Å². The number of aryl methyl sites for hydroxylation is 1. The van der Waals surface area contributed by atoms with E-state index in [1.54, 1.807) is 36.4 Å². The maximum atomic E-state index is 13.4. The highest BCUT2D eigenvalue weighted by molar-refractivity contribution is 7.89. The van der Waals surface area contributed by atoms with E-state index in [1.807, 2.05) is 6.92 Å². The maximum Gasteiger partial charge on any atom is 0.348 e. The number of carbonyl (C=O) groups is 2. The number of amides is 1. The maximum absolute atomic E-state index is 13.4. The van der Waals surface area contributed by atoms with Crippen molar-refractivity contribution >= 4 is 49.0 Å². The number of hydrogen-bond acceptors (Lipinski definition) is 6. The molecule has 1 amide bonds. The van der Waals surface area contributed by atoms with Gasteiger partial charge in [0.15, 0.2) is 0 Å². The van der Waals surface area contributed by atoms with E-state index in [2.05, 4.69) is 5.32 Å². The summed E-state index contributed by atoms with van der Waals surface area (Å²) < 4.78 is 46.8. The van der Waals surface area contributed by atoms with Gasteiger partial charge in [0.2, 0.25) is 15.9 Å². The normalized spacial score (nSPS) is 11.6. The summed E-state index contributed by atoms with van der Waals surface area (Å²) in [5.74, 6) is -1.43. The fourth-order valence-electron chi connectivity index (χ4n) is 3.56. The van der Waals surface area contributed by atoms with Crippen LogP contribution >= 0.6 is 11.3 Å². The van der Waals surface area contributed by atoms with Gasteiger partial charge in [-0.15, -0.1) is 11.3 Å². The number of anilines is 1. The van der Waals surface area contributed by atoms with Gasteiger partial charge in [-0.05, 0) is 66.4 Å². The average molecular weight is 527 g/mol. The molecular weight excluding hydrogens is 503 g/mol. The SMILES string of the molecule is COC(=O)c1cc2cc(NC(=O)CN(Cc3ccc(F)cc3)S(=O)(=O)c3ccc(C)cc3)ccc2s1. The van der Waals surface area contributed by atoms with Gasteiger partial charge in [-0.2, -0.15) is 4.31 Å². The number of esters is 1. The third kappa shape index (κ3) is 5.78. The molecule has 0 aliphatic heterocycles. The number of thiophene rings is 1. The van der Waals surface area contributed by atoms with Crippen LogP contribution in [0.15, 0.2) is 77.7 Å². The molecule has 1 N–H and O–H groups in total. The number of sulfonamides is 1. The summed E-state index contributed by atoms with van der Waals surface area (Å²) in [4.78, 5) is 25.2. The molecule has 1 heterocycles. The van der Waals surface area contributed by atoms with Crippen molar-refractivity contribution in [3.8, 4) is 0 Å². The highest BCUT2D eigenvalue weighted by Gasteiger charge is 2.27. The van der Waals surface area contributed by atoms with Crippen LogP contribution in [0.25, 0.3) is 10.1 Å². The molecule has 4 aromatic rings. The molecule has 0 aliphatic rings. The first-order valence-corrected chi connectivity index (χ1v) is 13.1. The van der Waals surface area contributed by atoms with Gasteiger partial charge in [0.25, 0.3) is 0 Å². The van der Waals surface area contributed by atoms with Crippen molar-refractivity contribution < 1.29 is 27.1 Å². The van der Waals surface area contributed by atoms with Crippen LogP contribution < -0.4 is 5.32 Å². The molecule has 3 aromatic carbocycles. The molecule has 0 fully saturated rings. The predicted octanol–water partition coefficient (Wildman–Crippen LogP) is 4.97. The summed E-state index contributed by atoms with van der Waals surface area (Å²) >= 11 is 1.27. The van der Waals surface area contributed by atoms with Gasteiger partial charge in [-0.25, -0.2) is 17.6 Å². The Morgan fingerprint density at radius 1 is 1.00 bits per heavy atom. The Bertz CT molecular complexity index is 1510. The first-order valence-electron chi connectivity index (χ1n) is 10.9. The zero-order valence-electron chi connectivity index (χ0n) is 19.5. The van der Waals surface area contributed by atoms with E-state index in [1.165, 1.54) is 54.8 Å². The lowest BCUT2D eigenvalue weighted by Crippen LogP contribution is -2.37. The summed E-state index contributed by atoms with van der Waals surface area (Å²) in [5.41, 5.74) is 1.89. The average Bonchev–Trinajstić information content (AvgIpc) is 3.28. The molecule has 0 radical (unpaired) electrons. The molecule has 0 aliphatic carbocycles. The van der Waals surface area contributed by atoms with Gasteiger partial charge in [-0.1, -0.05) is 29.8 Å². The summed E-state index contributed by atoms with van der Waals surface area (Å²) in [6, 6.07) is 18.6. The number of nitrogens with one attached hydrogen (secondary N) is 1. The number of methoxy groups -OCH3 is 1. The lowest BCUT2D eigenvalue weighted by atomic mass is 10.2. The Balaban J connectivity index is 1.57. The number of ether oxygens (including phenoxy) is 1. The second-order valence-corrected chi connectivity index (χ2v) is 11.1. The molecule has 0 bridgehead atoms. The Hall–Kier alpha value is -3.60. The fourth-order valence-corrected chi connectivity index (χ4v) is 5.91. The van der Waals surface area contributed by atoms with Gasteiger partial charge in [0.05, 0.1) is 18.6 Å². The van der Waals surface area contributed by atoms with Gasteiger partial charge < -0.3 is 10.1 Å². The quantitative estimate of drug-likeness (QED) is 0.328. The van der Waals surface area contributed by atoms with Gasteiger partial charge in [-0.3, -0.25) is 4.79 Å². The number of halogens is 1. The van der Waals surface area contributed by atoms with E-state index in [4.69, 9.17) is 4.74 Å². The lowest BCUT2D eigenvalue weighted by Gasteiger charge is -2.22. The van der Waals surface area contributed by atoms with Crippen LogP contribution in [-0.2, 0) is 26.1 Å². The molecule has 0 atom stereocenters. The van der Waals surface area contributed by atoms with Crippen LogP contribution in [-0.4, -0.2) is 38.3 Å². The number of fused-ring (bicyclic) bond motifs is 1. The van der Waals surface area contributed by atoms with Gasteiger partial charge in [0, 0.05) is 16.9 Å². The fraction of sp³-hybridized carbons (Fsp3) is 0.154. The van der Waals surface area contributed by atoms with Crippen LogP contribution in [0.3, 0.4) is 0 Å². The van der Waals surface area contributed by atoms with Crippen LogP contribution in [0.4, 0.5) is 10.1 Å². The summed E-state index contributed by atoms with van der Waals surface area (Å²) in [5, 5.41) is 3.47. The molecule has 0 saturated heterocycles. The standard InChI is InChI=1S/C26H23FN2O5S2/c1-17-3-10-22(11-4-17)36(32,33)29(15-18-5-7-20(27)8-6-18)16-25(30)28-21-9-12-23-19(13-21)14-24(35-23)26(31)34-2/h3-14H,15-16H2,1-2H3,(H,28,30). The van der Waals surface area contributed by atoms with Crippen molar-refractivity contribution in [1.82, 2.24) is 4.31 Å². The second-order valence-electron chi connectivity index (χ2n) is 8.12. The molecule has 1 aromatic heterocycles. The van der Waals surface area contributed by atoms with Crippen LogP contribution in [0.1, 0.15) is 20.8 Å². The van der Waals surface area contributed by atoms with Crippen molar-refractivity contribution in [2.75, 3.05) is 19.0 Å². The van der Waals surface area contributed by atoms with E-state index < -0.39 is 34.3 Å². The van der Waals surface area contributed by atoms with Crippen molar-refractivity contribution in [2.24, 2.45) is 0 Å². The summed E-state index contributed by atoms with van der Waals surface area (Å²) in [6.45, 7) is 1.28. The third-order valence-corrected chi connectivity index (χ3v) is 8.34. The number of carbonyl (C=O) groups excluding carboxylic acids is 2. The molecule has 186 valence electrons. The first-order chi connectivity index (χ1) is 17.2. The van der Waals surface area contributed by atoms with Crippen molar-refractivity contribution in [2.45, 2.75) is 18.4 Å². The van der Waals surface area contributed by atoms with E-state index in [0.29, 0.717) is 16.1 Å². The Kier molecular flexibility index (Phi) is 7.48. The Morgan fingerprint density at radius 3 is 2.36 bits per heavy atom. The number of rotatable bonds is 8. The Labute approximate surface area is 212 Å². The molecule has 0 saturated carbocycles. The first kappa shape index (κ1) is 25.5. The van der Waals surface area contributed by atoms with E-state index >= 15 is 0 Å². The topological polar surface area (TPSA) is 92.8 Å². The summed E-state index contributed by atoms with van der Waals surface area (Å²) in [7, 11) is -2.72. The number of nitrogens with zero attached hydrogens (tertiary/aromatic N) is 1. The molecule has 0 unspecified atom stereocenters. The lowest BCUT2D eigenvalue weighted by molar-refractivity contribution is -0.116. The minimum absolute atomic E-state index is 0.0537. The second kappa shape index (κ2) is 10.6. The number of hydrogen-bond donors (Lipinski definition) is 1. The highest BCUT2D eigenvalue weighted by Crippen LogP contribution is 2.29. The minimum atomic E-state index is -4.03. The molecule has 10 heteroatoms. The monoisotopic (exact) mass is 526 g/mol. The van der Waals surface area contributed by atoms with Crippen molar-refractivity contribution in [3.05, 3.63) is 94.6 Å². The van der Waals surface area contributed by atoms with Crippen LogP contribution in [0, 0.1) is 12.7 Å². The summed E-state index contributed by atoms with van der Waals surface area (Å²) in [6.07, 6.45) is 0.